The Kier molecular flexibility index (Phi) is 5.75. The molecule has 2 aliphatic rings. The van der Waals surface area contributed by atoms with Crippen molar-refractivity contribution in [2.45, 2.75) is 32.2 Å². The molecular formula is C19H25NO4. The highest BCUT2D eigenvalue weighted by atomic mass is 16.7. The van der Waals surface area contributed by atoms with Gasteiger partial charge in [0, 0.05) is 12.0 Å². The minimum Gasteiger partial charge on any atom is -0.466 e. The maximum atomic E-state index is 12.4. The SMILES string of the molecule is CCOC(=O)C1CCCNC1C(Cc1ccccc1)C1=COCO1. The van der Waals surface area contributed by atoms with E-state index in [2.05, 4.69) is 17.4 Å². The summed E-state index contributed by atoms with van der Waals surface area (Å²) in [6.07, 6.45) is 4.31. The molecule has 24 heavy (non-hydrogen) atoms. The smallest absolute Gasteiger partial charge is 0.310 e. The Morgan fingerprint density at radius 1 is 1.38 bits per heavy atom. The van der Waals surface area contributed by atoms with Gasteiger partial charge in [-0.05, 0) is 38.3 Å². The van der Waals surface area contributed by atoms with Crippen LogP contribution in [0.15, 0.2) is 42.4 Å². The van der Waals surface area contributed by atoms with Crippen LogP contribution in [0.25, 0.3) is 0 Å². The standard InChI is InChI=1S/C19H25NO4/c1-2-23-19(21)15-9-6-10-20-18(15)16(17-12-22-13-24-17)11-14-7-4-3-5-8-14/h3-5,7-8,12,15-16,18,20H,2,6,9-11,13H2,1H3. The lowest BCUT2D eigenvalue weighted by Crippen LogP contribution is -2.50. The van der Waals surface area contributed by atoms with Crippen molar-refractivity contribution >= 4 is 5.97 Å². The van der Waals surface area contributed by atoms with Crippen LogP contribution in [-0.2, 0) is 25.4 Å². The number of benzene rings is 1. The van der Waals surface area contributed by atoms with E-state index >= 15 is 0 Å². The number of carbonyl (C=O) groups excluding carboxylic acids is 1. The van der Waals surface area contributed by atoms with Gasteiger partial charge in [-0.25, -0.2) is 0 Å². The minimum absolute atomic E-state index is 0.00837. The summed E-state index contributed by atoms with van der Waals surface area (Å²) in [7, 11) is 0. The van der Waals surface area contributed by atoms with E-state index in [4.69, 9.17) is 14.2 Å². The van der Waals surface area contributed by atoms with E-state index in [9.17, 15) is 4.79 Å². The Bertz CT molecular complexity index is 572. The Morgan fingerprint density at radius 2 is 2.21 bits per heavy atom. The zero-order valence-electron chi connectivity index (χ0n) is 14.1. The van der Waals surface area contributed by atoms with Crippen molar-refractivity contribution in [2.24, 2.45) is 11.8 Å². The number of esters is 1. The summed E-state index contributed by atoms with van der Waals surface area (Å²) >= 11 is 0. The Morgan fingerprint density at radius 3 is 2.92 bits per heavy atom. The first kappa shape index (κ1) is 16.8. The van der Waals surface area contributed by atoms with Crippen LogP contribution in [-0.4, -0.2) is 32.0 Å². The lowest BCUT2D eigenvalue weighted by atomic mass is 9.79. The molecule has 5 heteroatoms. The molecule has 2 heterocycles. The summed E-state index contributed by atoms with van der Waals surface area (Å²) in [5, 5.41) is 3.53. The topological polar surface area (TPSA) is 56.8 Å². The fraction of sp³-hybridized carbons (Fsp3) is 0.526. The van der Waals surface area contributed by atoms with Crippen LogP contribution in [0.2, 0.25) is 0 Å². The molecule has 130 valence electrons. The highest BCUT2D eigenvalue weighted by Crippen LogP contribution is 2.32. The molecule has 0 aliphatic carbocycles. The maximum absolute atomic E-state index is 12.4. The lowest BCUT2D eigenvalue weighted by Gasteiger charge is -2.36. The number of ether oxygens (including phenoxy) is 3. The van der Waals surface area contributed by atoms with Crippen LogP contribution in [0.1, 0.15) is 25.3 Å². The fourth-order valence-electron chi connectivity index (χ4n) is 3.57. The molecule has 1 saturated heterocycles. The van der Waals surface area contributed by atoms with E-state index in [0.29, 0.717) is 6.61 Å². The second-order valence-corrected chi connectivity index (χ2v) is 6.23. The van der Waals surface area contributed by atoms with Gasteiger partial charge in [0.25, 0.3) is 0 Å². The zero-order valence-corrected chi connectivity index (χ0v) is 14.1. The van der Waals surface area contributed by atoms with Crippen LogP contribution >= 0.6 is 0 Å². The molecule has 2 aliphatic heterocycles. The molecule has 3 rings (SSSR count). The molecule has 1 fully saturated rings. The summed E-state index contributed by atoms with van der Waals surface area (Å²) in [5.74, 6) is 0.585. The van der Waals surface area contributed by atoms with Crippen molar-refractivity contribution in [1.29, 1.82) is 0 Å². The molecule has 0 spiro atoms. The van der Waals surface area contributed by atoms with E-state index in [1.807, 2.05) is 25.1 Å². The van der Waals surface area contributed by atoms with Crippen LogP contribution in [0.3, 0.4) is 0 Å². The van der Waals surface area contributed by atoms with Crippen molar-refractivity contribution in [2.75, 3.05) is 19.9 Å². The highest BCUT2D eigenvalue weighted by molar-refractivity contribution is 5.73. The summed E-state index contributed by atoms with van der Waals surface area (Å²) in [6, 6.07) is 10.3. The molecule has 0 saturated carbocycles. The van der Waals surface area contributed by atoms with E-state index in [1.54, 1.807) is 6.26 Å². The summed E-state index contributed by atoms with van der Waals surface area (Å²) in [5.41, 5.74) is 1.22. The third-order valence-corrected chi connectivity index (χ3v) is 4.69. The van der Waals surface area contributed by atoms with Gasteiger partial charge in [0.15, 0.2) is 0 Å². The molecule has 0 amide bonds. The van der Waals surface area contributed by atoms with E-state index in [-0.39, 0.29) is 30.6 Å². The van der Waals surface area contributed by atoms with Gasteiger partial charge in [-0.3, -0.25) is 4.79 Å². The number of rotatable bonds is 6. The molecule has 0 bridgehead atoms. The lowest BCUT2D eigenvalue weighted by molar-refractivity contribution is -0.150. The van der Waals surface area contributed by atoms with Gasteiger partial charge in [-0.2, -0.15) is 0 Å². The minimum atomic E-state index is -0.155. The highest BCUT2D eigenvalue weighted by Gasteiger charge is 2.40. The monoisotopic (exact) mass is 331 g/mol. The molecule has 1 aromatic carbocycles. The predicted molar refractivity (Wildman–Crippen MR) is 89.9 cm³/mol. The first-order valence-electron chi connectivity index (χ1n) is 8.68. The third-order valence-electron chi connectivity index (χ3n) is 4.69. The number of hydrogen-bond acceptors (Lipinski definition) is 5. The van der Waals surface area contributed by atoms with Crippen molar-refractivity contribution < 1.29 is 19.0 Å². The van der Waals surface area contributed by atoms with Crippen molar-refractivity contribution in [3.8, 4) is 0 Å². The Hall–Kier alpha value is -2.01. The second-order valence-electron chi connectivity index (χ2n) is 6.23. The van der Waals surface area contributed by atoms with Gasteiger partial charge in [-0.15, -0.1) is 0 Å². The van der Waals surface area contributed by atoms with Crippen LogP contribution < -0.4 is 5.32 Å². The fourth-order valence-corrected chi connectivity index (χ4v) is 3.57. The average Bonchev–Trinajstić information content (AvgIpc) is 3.15. The number of nitrogens with one attached hydrogen (secondary N) is 1. The van der Waals surface area contributed by atoms with Gasteiger partial charge >= 0.3 is 5.97 Å². The van der Waals surface area contributed by atoms with Gasteiger partial charge < -0.3 is 19.5 Å². The van der Waals surface area contributed by atoms with Gasteiger partial charge in [0.2, 0.25) is 6.79 Å². The first-order valence-corrected chi connectivity index (χ1v) is 8.68. The summed E-state index contributed by atoms with van der Waals surface area (Å²) in [6.45, 7) is 3.41. The van der Waals surface area contributed by atoms with E-state index in [1.165, 1.54) is 5.56 Å². The van der Waals surface area contributed by atoms with E-state index in [0.717, 1.165) is 31.6 Å². The molecule has 1 aromatic rings. The quantitative estimate of drug-likeness (QED) is 0.812. The van der Waals surface area contributed by atoms with Gasteiger partial charge in [-0.1, -0.05) is 30.3 Å². The predicted octanol–water partition coefficient (Wildman–Crippen LogP) is 2.62. The number of carbonyl (C=O) groups is 1. The summed E-state index contributed by atoms with van der Waals surface area (Å²) in [4.78, 5) is 12.4. The van der Waals surface area contributed by atoms with Crippen LogP contribution in [0, 0.1) is 11.8 Å². The number of piperidine rings is 1. The Balaban J connectivity index is 1.83. The summed E-state index contributed by atoms with van der Waals surface area (Å²) < 4.78 is 16.3. The van der Waals surface area contributed by atoms with Crippen LogP contribution in [0.4, 0.5) is 0 Å². The van der Waals surface area contributed by atoms with Crippen molar-refractivity contribution in [3.05, 3.63) is 47.9 Å². The maximum Gasteiger partial charge on any atom is 0.310 e. The average molecular weight is 331 g/mol. The molecule has 0 aromatic heterocycles. The zero-order chi connectivity index (χ0) is 16.8. The molecule has 3 atom stereocenters. The number of hydrogen-bond donors (Lipinski definition) is 1. The van der Waals surface area contributed by atoms with E-state index < -0.39 is 0 Å². The Labute approximate surface area is 143 Å². The first-order chi connectivity index (χ1) is 11.8. The molecule has 3 unspecified atom stereocenters. The molecule has 5 nitrogen and oxygen atoms in total. The van der Waals surface area contributed by atoms with Gasteiger partial charge in [0.05, 0.1) is 12.5 Å². The largest absolute Gasteiger partial charge is 0.466 e. The second kappa shape index (κ2) is 8.20. The third kappa shape index (κ3) is 3.90. The molecular weight excluding hydrogens is 306 g/mol. The normalized spacial score (nSPS) is 24.5. The van der Waals surface area contributed by atoms with Gasteiger partial charge in [0.1, 0.15) is 12.0 Å². The molecule has 0 radical (unpaired) electrons. The molecule has 1 N–H and O–H groups in total. The van der Waals surface area contributed by atoms with Crippen molar-refractivity contribution in [3.63, 3.8) is 0 Å². The van der Waals surface area contributed by atoms with Crippen molar-refractivity contribution in [1.82, 2.24) is 5.32 Å². The van der Waals surface area contributed by atoms with Crippen LogP contribution in [0.5, 0.6) is 0 Å².